The highest BCUT2D eigenvalue weighted by molar-refractivity contribution is 5.56. The van der Waals surface area contributed by atoms with Crippen molar-refractivity contribution in [2.45, 2.75) is 52.4 Å². The zero-order valence-corrected chi connectivity index (χ0v) is 11.6. The van der Waals surface area contributed by atoms with E-state index < -0.39 is 0 Å². The van der Waals surface area contributed by atoms with Gasteiger partial charge in [0.05, 0.1) is 0 Å². The van der Waals surface area contributed by atoms with Crippen LogP contribution in [0.3, 0.4) is 0 Å². The van der Waals surface area contributed by atoms with Crippen LogP contribution in [0.5, 0.6) is 0 Å². The number of hydrogen-bond donors (Lipinski definition) is 1. The van der Waals surface area contributed by atoms with Crippen LogP contribution in [0.1, 0.15) is 50.4 Å². The lowest BCUT2D eigenvalue weighted by Crippen LogP contribution is -2.27. The lowest BCUT2D eigenvalue weighted by atomic mass is 10.2. The van der Waals surface area contributed by atoms with Crippen molar-refractivity contribution < 1.29 is 0 Å². The number of hydrogen-bond acceptors (Lipinski definition) is 4. The van der Waals surface area contributed by atoms with E-state index in [2.05, 4.69) is 16.8 Å². The van der Waals surface area contributed by atoms with Crippen molar-refractivity contribution in [3.05, 3.63) is 11.4 Å². The van der Waals surface area contributed by atoms with Crippen LogP contribution in [0, 0.1) is 6.92 Å². The van der Waals surface area contributed by atoms with Crippen LogP contribution in [-0.4, -0.2) is 23.1 Å². The highest BCUT2D eigenvalue weighted by atomic mass is 15.2. The van der Waals surface area contributed by atoms with E-state index in [-0.39, 0.29) is 0 Å². The first-order valence-corrected chi connectivity index (χ1v) is 7.10. The first-order chi connectivity index (χ1) is 8.72. The predicted octanol–water partition coefficient (Wildman–Crippen LogP) is 2.70. The number of nitrogen functional groups attached to an aromatic ring is 1. The summed E-state index contributed by atoms with van der Waals surface area (Å²) in [6, 6.07) is 0. The number of nitrogens with zero attached hydrogens (tertiary/aromatic N) is 3. The zero-order valence-electron chi connectivity index (χ0n) is 11.6. The Labute approximate surface area is 110 Å². The van der Waals surface area contributed by atoms with E-state index in [0.717, 1.165) is 43.1 Å². The normalized spacial score (nSPS) is 16.7. The number of rotatable bonds is 3. The predicted molar refractivity (Wildman–Crippen MR) is 75.9 cm³/mol. The maximum Gasteiger partial charge on any atom is 0.137 e. The molecule has 0 bridgehead atoms. The number of aryl methyl sites for hydroxylation is 1. The topological polar surface area (TPSA) is 55.0 Å². The molecule has 0 aromatic carbocycles. The summed E-state index contributed by atoms with van der Waals surface area (Å²) >= 11 is 0. The number of nitrogens with two attached hydrogens (primary N) is 1. The maximum atomic E-state index is 6.02. The highest BCUT2D eigenvalue weighted by Gasteiger charge is 2.16. The van der Waals surface area contributed by atoms with Crippen molar-refractivity contribution in [3.63, 3.8) is 0 Å². The quantitative estimate of drug-likeness (QED) is 0.893. The third kappa shape index (κ3) is 2.92. The summed E-state index contributed by atoms with van der Waals surface area (Å²) in [4.78, 5) is 11.5. The van der Waals surface area contributed by atoms with Crippen molar-refractivity contribution >= 4 is 11.6 Å². The van der Waals surface area contributed by atoms with Crippen molar-refractivity contribution in [2.24, 2.45) is 0 Å². The molecule has 4 nitrogen and oxygen atoms in total. The Morgan fingerprint density at radius 2 is 1.78 bits per heavy atom. The number of aromatic nitrogens is 2. The molecule has 2 N–H and O–H groups in total. The van der Waals surface area contributed by atoms with Gasteiger partial charge in [-0.3, -0.25) is 0 Å². The molecule has 1 aliphatic heterocycles. The molecule has 2 rings (SSSR count). The molecular formula is C14H24N4. The first kappa shape index (κ1) is 13.1. The van der Waals surface area contributed by atoms with E-state index in [9.17, 15) is 0 Å². The Morgan fingerprint density at radius 3 is 2.39 bits per heavy atom. The summed E-state index contributed by atoms with van der Waals surface area (Å²) in [5, 5.41) is 0. The van der Waals surface area contributed by atoms with Gasteiger partial charge in [-0.15, -0.1) is 0 Å². The third-order valence-corrected chi connectivity index (χ3v) is 3.58. The fraction of sp³-hybridized carbons (Fsp3) is 0.714. The summed E-state index contributed by atoms with van der Waals surface area (Å²) in [6.07, 6.45) is 7.14. The third-order valence-electron chi connectivity index (χ3n) is 3.58. The molecule has 1 saturated heterocycles. The standard InChI is InChI=1S/C14H24N4/c1-3-8-12-16-13(15)11(2)14(17-12)18-9-6-4-5-7-10-18/h3-10H2,1-2H3,(H2,15,16,17). The minimum Gasteiger partial charge on any atom is -0.383 e. The van der Waals surface area contributed by atoms with Crippen LogP contribution in [-0.2, 0) is 6.42 Å². The fourth-order valence-corrected chi connectivity index (χ4v) is 2.49. The van der Waals surface area contributed by atoms with Crippen LogP contribution in [0.25, 0.3) is 0 Å². The summed E-state index contributed by atoms with van der Waals surface area (Å²) in [5.41, 5.74) is 7.06. The molecular weight excluding hydrogens is 224 g/mol. The van der Waals surface area contributed by atoms with E-state index in [1.54, 1.807) is 0 Å². The molecule has 1 aromatic rings. The first-order valence-electron chi connectivity index (χ1n) is 7.10. The molecule has 0 aliphatic carbocycles. The summed E-state index contributed by atoms with van der Waals surface area (Å²) < 4.78 is 0. The van der Waals surface area contributed by atoms with E-state index in [1.807, 2.05) is 6.92 Å². The van der Waals surface area contributed by atoms with Gasteiger partial charge in [0.1, 0.15) is 17.5 Å². The van der Waals surface area contributed by atoms with E-state index in [4.69, 9.17) is 10.7 Å². The second kappa shape index (κ2) is 6.03. The number of anilines is 2. The van der Waals surface area contributed by atoms with Crippen molar-refractivity contribution in [1.82, 2.24) is 9.97 Å². The minimum absolute atomic E-state index is 0.646. The molecule has 0 spiro atoms. The van der Waals surface area contributed by atoms with Gasteiger partial charge >= 0.3 is 0 Å². The molecule has 0 amide bonds. The van der Waals surface area contributed by atoms with E-state index in [0.29, 0.717) is 5.82 Å². The molecule has 0 radical (unpaired) electrons. The van der Waals surface area contributed by atoms with Gasteiger partial charge in [0.2, 0.25) is 0 Å². The average Bonchev–Trinajstić information content (AvgIpc) is 2.62. The summed E-state index contributed by atoms with van der Waals surface area (Å²) in [6.45, 7) is 6.38. The Hall–Kier alpha value is -1.32. The maximum absolute atomic E-state index is 6.02. The van der Waals surface area contributed by atoms with Gasteiger partial charge in [0.25, 0.3) is 0 Å². The van der Waals surface area contributed by atoms with Crippen molar-refractivity contribution in [3.8, 4) is 0 Å². The Balaban J connectivity index is 2.28. The molecule has 4 heteroatoms. The molecule has 0 saturated carbocycles. The van der Waals surface area contributed by atoms with Gasteiger partial charge in [0, 0.05) is 25.1 Å². The minimum atomic E-state index is 0.646. The Morgan fingerprint density at radius 1 is 1.11 bits per heavy atom. The molecule has 0 unspecified atom stereocenters. The van der Waals surface area contributed by atoms with Crippen molar-refractivity contribution in [1.29, 1.82) is 0 Å². The van der Waals surface area contributed by atoms with Crippen LogP contribution in [0.15, 0.2) is 0 Å². The second-order valence-corrected chi connectivity index (χ2v) is 5.12. The Kier molecular flexibility index (Phi) is 4.39. The van der Waals surface area contributed by atoms with Crippen LogP contribution in [0.2, 0.25) is 0 Å². The molecule has 100 valence electrons. The monoisotopic (exact) mass is 248 g/mol. The van der Waals surface area contributed by atoms with Gasteiger partial charge in [0.15, 0.2) is 0 Å². The van der Waals surface area contributed by atoms with E-state index in [1.165, 1.54) is 25.7 Å². The highest BCUT2D eigenvalue weighted by Crippen LogP contribution is 2.24. The molecule has 1 aliphatic rings. The van der Waals surface area contributed by atoms with Gasteiger partial charge in [-0.1, -0.05) is 19.8 Å². The van der Waals surface area contributed by atoms with Gasteiger partial charge in [-0.2, -0.15) is 0 Å². The largest absolute Gasteiger partial charge is 0.383 e. The molecule has 0 atom stereocenters. The molecule has 1 aromatic heterocycles. The van der Waals surface area contributed by atoms with E-state index >= 15 is 0 Å². The van der Waals surface area contributed by atoms with Gasteiger partial charge in [-0.05, 0) is 26.2 Å². The van der Waals surface area contributed by atoms with Crippen molar-refractivity contribution in [2.75, 3.05) is 23.7 Å². The molecule has 2 heterocycles. The smallest absolute Gasteiger partial charge is 0.137 e. The van der Waals surface area contributed by atoms with Gasteiger partial charge in [-0.25, -0.2) is 9.97 Å². The zero-order chi connectivity index (χ0) is 13.0. The van der Waals surface area contributed by atoms with Crippen LogP contribution in [0.4, 0.5) is 11.6 Å². The summed E-state index contributed by atoms with van der Waals surface area (Å²) in [7, 11) is 0. The Bertz CT molecular complexity index is 395. The average molecular weight is 248 g/mol. The summed E-state index contributed by atoms with van der Waals surface area (Å²) in [5.74, 6) is 2.60. The lowest BCUT2D eigenvalue weighted by molar-refractivity contribution is 0.726. The molecule has 18 heavy (non-hydrogen) atoms. The SMILES string of the molecule is CCCc1nc(N)c(C)c(N2CCCCCC2)n1. The lowest BCUT2D eigenvalue weighted by Gasteiger charge is -2.24. The van der Waals surface area contributed by atoms with Crippen LogP contribution < -0.4 is 10.6 Å². The molecule has 1 fully saturated rings. The van der Waals surface area contributed by atoms with Gasteiger partial charge < -0.3 is 10.6 Å². The second-order valence-electron chi connectivity index (χ2n) is 5.12. The fourth-order valence-electron chi connectivity index (χ4n) is 2.49. The van der Waals surface area contributed by atoms with Crippen LogP contribution >= 0.6 is 0 Å².